The van der Waals surface area contributed by atoms with Crippen molar-refractivity contribution in [2.24, 2.45) is 0 Å². The van der Waals surface area contributed by atoms with Gasteiger partial charge in [0.2, 0.25) is 0 Å². The van der Waals surface area contributed by atoms with E-state index in [-0.39, 0.29) is 11.5 Å². The molecule has 29 heavy (non-hydrogen) atoms. The Balaban J connectivity index is 1.61. The average Bonchev–Trinajstić information content (AvgIpc) is 3.28. The van der Waals surface area contributed by atoms with Crippen LogP contribution in [0.3, 0.4) is 0 Å². The van der Waals surface area contributed by atoms with Crippen LogP contribution in [-0.4, -0.2) is 52.6 Å². The van der Waals surface area contributed by atoms with E-state index in [9.17, 15) is 8.42 Å². The minimum absolute atomic E-state index is 0.106. The Kier molecular flexibility index (Phi) is 4.44. The first-order chi connectivity index (χ1) is 13.8. The van der Waals surface area contributed by atoms with Gasteiger partial charge in [0.25, 0.3) is 0 Å². The molecule has 1 aliphatic carbocycles. The lowest BCUT2D eigenvalue weighted by Crippen LogP contribution is -2.41. The molecular weight excluding hydrogens is 524 g/mol. The van der Waals surface area contributed by atoms with Crippen molar-refractivity contribution >= 4 is 63.5 Å². The van der Waals surface area contributed by atoms with Crippen LogP contribution in [0.5, 0.6) is 0 Å². The molecule has 0 atom stereocenters. The first-order valence-corrected chi connectivity index (χ1v) is 12.4. The van der Waals surface area contributed by atoms with Crippen molar-refractivity contribution in [3.8, 4) is 11.1 Å². The van der Waals surface area contributed by atoms with E-state index >= 15 is 0 Å². The third-order valence-corrected chi connectivity index (χ3v) is 8.32. The maximum atomic E-state index is 11.8. The van der Waals surface area contributed by atoms with Crippen LogP contribution < -0.4 is 10.6 Å². The van der Waals surface area contributed by atoms with Gasteiger partial charge in [-0.3, -0.25) is 4.98 Å². The maximum Gasteiger partial charge on any atom is 0.167 e. The molecule has 3 aromatic heterocycles. The van der Waals surface area contributed by atoms with Gasteiger partial charge >= 0.3 is 0 Å². The fourth-order valence-corrected chi connectivity index (χ4v) is 5.87. The van der Waals surface area contributed by atoms with Crippen LogP contribution >= 0.6 is 31.9 Å². The molecule has 11 heteroatoms. The van der Waals surface area contributed by atoms with E-state index in [4.69, 9.17) is 10.7 Å². The van der Waals surface area contributed by atoms with Crippen molar-refractivity contribution in [1.82, 2.24) is 19.6 Å². The van der Waals surface area contributed by atoms with E-state index in [0.717, 1.165) is 33.3 Å². The lowest BCUT2D eigenvalue weighted by atomic mass is 10.1. The number of nitrogens with two attached hydrogens (primary N) is 1. The fourth-order valence-electron chi connectivity index (χ4n) is 3.64. The first kappa shape index (κ1) is 19.0. The third kappa shape index (κ3) is 3.15. The minimum Gasteiger partial charge on any atom is -0.383 e. The highest BCUT2D eigenvalue weighted by molar-refractivity contribution is 9.15. The maximum absolute atomic E-state index is 11.8. The van der Waals surface area contributed by atoms with Crippen LogP contribution in [0.4, 0.5) is 11.6 Å². The van der Waals surface area contributed by atoms with Gasteiger partial charge in [0, 0.05) is 34.9 Å². The van der Waals surface area contributed by atoms with Crippen molar-refractivity contribution in [3.05, 3.63) is 40.3 Å². The van der Waals surface area contributed by atoms with E-state index in [1.54, 1.807) is 10.7 Å². The van der Waals surface area contributed by atoms with Crippen LogP contribution in [0.1, 0.15) is 11.3 Å². The van der Waals surface area contributed by atoms with Crippen molar-refractivity contribution in [3.63, 3.8) is 0 Å². The summed E-state index contributed by atoms with van der Waals surface area (Å²) in [6.07, 6.45) is 6.46. The number of anilines is 2. The average molecular weight is 540 g/mol. The smallest absolute Gasteiger partial charge is 0.167 e. The molecule has 150 valence electrons. The highest BCUT2D eigenvalue weighted by Crippen LogP contribution is 2.36. The predicted molar refractivity (Wildman–Crippen MR) is 120 cm³/mol. The van der Waals surface area contributed by atoms with Gasteiger partial charge in [0.15, 0.2) is 15.5 Å². The van der Waals surface area contributed by atoms with E-state index in [1.165, 1.54) is 0 Å². The van der Waals surface area contributed by atoms with E-state index < -0.39 is 9.84 Å². The summed E-state index contributed by atoms with van der Waals surface area (Å²) in [5, 5.41) is 4.41. The van der Waals surface area contributed by atoms with Crippen LogP contribution in [0.2, 0.25) is 0 Å². The van der Waals surface area contributed by atoms with E-state index in [1.807, 2.05) is 11.1 Å². The summed E-state index contributed by atoms with van der Waals surface area (Å²) in [5.74, 6) is 1.26. The number of aromatic nitrogens is 4. The summed E-state index contributed by atoms with van der Waals surface area (Å²) in [6.45, 7) is 0.764. The molecule has 0 spiro atoms. The topological polar surface area (TPSA) is 106 Å². The quantitative estimate of drug-likeness (QED) is 0.533. The van der Waals surface area contributed by atoms with Gasteiger partial charge < -0.3 is 10.6 Å². The number of hydrogen-bond donors (Lipinski definition) is 1. The lowest BCUT2D eigenvalue weighted by molar-refractivity contribution is 0.586. The number of halogens is 2. The molecule has 3 aromatic rings. The standard InChI is InChI=1S/C18H16Br2N6O2S/c19-13-2-1-10-7-11(8-22-15(10)13)12-9-23-26-16(21)14(20)18(24-17(12)26)25-3-5-29(27,28)6-4-25/h2,7-9H,1,3-6,21H2. The number of hydrogen-bond acceptors (Lipinski definition) is 7. The van der Waals surface area contributed by atoms with E-state index in [0.29, 0.717) is 34.8 Å². The molecule has 0 amide bonds. The summed E-state index contributed by atoms with van der Waals surface area (Å²) in [4.78, 5) is 11.3. The minimum atomic E-state index is -2.99. The Hall–Kier alpha value is -1.98. The Bertz CT molecular complexity index is 1290. The molecular formula is C18H16Br2N6O2S. The number of fused-ring (bicyclic) bond motifs is 2. The number of nitrogen functional groups attached to an aromatic ring is 1. The Morgan fingerprint density at radius 1 is 1.14 bits per heavy atom. The molecule has 1 fully saturated rings. The fraction of sp³-hybridized carbons (Fsp3) is 0.278. The second-order valence-electron chi connectivity index (χ2n) is 7.06. The Morgan fingerprint density at radius 3 is 2.66 bits per heavy atom. The Labute approximate surface area is 184 Å². The molecule has 0 aromatic carbocycles. The second kappa shape index (κ2) is 6.78. The number of allylic oxidation sites excluding steroid dienone is 1. The third-order valence-electron chi connectivity index (χ3n) is 5.25. The summed E-state index contributed by atoms with van der Waals surface area (Å²) in [6, 6.07) is 2.09. The monoisotopic (exact) mass is 538 g/mol. The van der Waals surface area contributed by atoms with Gasteiger partial charge in [0.1, 0.15) is 16.1 Å². The molecule has 1 saturated heterocycles. The first-order valence-electron chi connectivity index (χ1n) is 8.97. The molecule has 0 bridgehead atoms. The van der Waals surface area contributed by atoms with Crippen molar-refractivity contribution in [2.75, 3.05) is 35.2 Å². The lowest BCUT2D eigenvalue weighted by Gasteiger charge is -2.28. The number of sulfone groups is 1. The van der Waals surface area contributed by atoms with Gasteiger partial charge in [-0.2, -0.15) is 9.61 Å². The molecule has 0 radical (unpaired) electrons. The number of pyridine rings is 1. The zero-order chi connectivity index (χ0) is 20.3. The number of rotatable bonds is 2. The SMILES string of the molecule is Nc1c(Br)c(N2CCS(=O)(=O)CC2)nc2c(-c3cnc4c(c3)CC=C4Br)cnn12. The molecule has 5 rings (SSSR count). The molecule has 8 nitrogen and oxygen atoms in total. The van der Waals surface area contributed by atoms with E-state index in [2.05, 4.69) is 54.1 Å². The van der Waals surface area contributed by atoms with Gasteiger partial charge in [-0.05, 0) is 49.9 Å². The normalized spacial score (nSPS) is 18.1. The van der Waals surface area contributed by atoms with Crippen molar-refractivity contribution in [1.29, 1.82) is 0 Å². The molecule has 1 aliphatic heterocycles. The molecule has 2 N–H and O–H groups in total. The van der Waals surface area contributed by atoms with Gasteiger partial charge in [-0.15, -0.1) is 0 Å². The van der Waals surface area contributed by atoms with Crippen molar-refractivity contribution in [2.45, 2.75) is 6.42 Å². The molecule has 0 unspecified atom stereocenters. The van der Waals surface area contributed by atoms with Crippen LogP contribution in [0.15, 0.2) is 29.0 Å². The van der Waals surface area contributed by atoms with Gasteiger partial charge in [-0.25, -0.2) is 13.4 Å². The van der Waals surface area contributed by atoms with Gasteiger partial charge in [0.05, 0.1) is 23.4 Å². The number of nitrogens with zero attached hydrogens (tertiary/aromatic N) is 5. The summed E-state index contributed by atoms with van der Waals surface area (Å²) < 4.78 is 26.8. The molecule has 2 aliphatic rings. The highest BCUT2D eigenvalue weighted by atomic mass is 79.9. The summed E-state index contributed by atoms with van der Waals surface area (Å²) >= 11 is 7.04. The summed E-state index contributed by atoms with van der Waals surface area (Å²) in [7, 11) is -2.99. The zero-order valence-electron chi connectivity index (χ0n) is 15.1. The largest absolute Gasteiger partial charge is 0.383 e. The zero-order valence-corrected chi connectivity index (χ0v) is 19.1. The predicted octanol–water partition coefficient (Wildman–Crippen LogP) is 2.66. The van der Waals surface area contributed by atoms with Gasteiger partial charge in [-0.1, -0.05) is 6.08 Å². The summed E-state index contributed by atoms with van der Waals surface area (Å²) in [5.41, 5.74) is 10.8. The van der Waals surface area contributed by atoms with Crippen LogP contribution in [0, 0.1) is 0 Å². The molecule has 4 heterocycles. The highest BCUT2D eigenvalue weighted by Gasteiger charge is 2.26. The molecule has 0 saturated carbocycles. The van der Waals surface area contributed by atoms with Crippen molar-refractivity contribution < 1.29 is 8.42 Å². The van der Waals surface area contributed by atoms with Crippen LogP contribution in [-0.2, 0) is 16.3 Å². The van der Waals surface area contributed by atoms with Crippen LogP contribution in [0.25, 0.3) is 21.3 Å². The second-order valence-corrected chi connectivity index (χ2v) is 11.0. The Morgan fingerprint density at radius 2 is 1.90 bits per heavy atom.